The number of ether oxygens (including phenoxy) is 1. The highest BCUT2D eigenvalue weighted by molar-refractivity contribution is 7.16. The van der Waals surface area contributed by atoms with Crippen LogP contribution in [-0.4, -0.2) is 27.4 Å². The summed E-state index contributed by atoms with van der Waals surface area (Å²) >= 11 is 1.43. The predicted molar refractivity (Wildman–Crippen MR) is 101 cm³/mol. The molecule has 0 radical (unpaired) electrons. The molecule has 0 fully saturated rings. The molecular formula is C19H22N2O3S. The van der Waals surface area contributed by atoms with Gasteiger partial charge in [-0.15, -0.1) is 11.3 Å². The van der Waals surface area contributed by atoms with E-state index in [0.29, 0.717) is 16.1 Å². The fraction of sp³-hybridized carbons (Fsp3) is 0.368. The molecule has 0 aliphatic heterocycles. The Hall–Kier alpha value is -2.18. The number of hydrogen-bond acceptors (Lipinski definition) is 5. The molecule has 0 saturated heterocycles. The van der Waals surface area contributed by atoms with Gasteiger partial charge in [-0.05, 0) is 41.5 Å². The van der Waals surface area contributed by atoms with Gasteiger partial charge in [-0.3, -0.25) is 9.36 Å². The summed E-state index contributed by atoms with van der Waals surface area (Å²) in [7, 11) is 0. The molecule has 1 aromatic carbocycles. The van der Waals surface area contributed by atoms with Crippen molar-refractivity contribution < 1.29 is 9.84 Å². The Morgan fingerprint density at radius 1 is 1.32 bits per heavy atom. The maximum atomic E-state index is 12.4. The zero-order valence-corrected chi connectivity index (χ0v) is 15.4. The summed E-state index contributed by atoms with van der Waals surface area (Å²) < 4.78 is 7.28. The van der Waals surface area contributed by atoms with Gasteiger partial charge in [-0.2, -0.15) is 0 Å². The second kappa shape index (κ2) is 7.37. The summed E-state index contributed by atoms with van der Waals surface area (Å²) in [5.74, 6) is 1.12. The average Bonchev–Trinajstić information content (AvgIpc) is 3.05. The van der Waals surface area contributed by atoms with Gasteiger partial charge < -0.3 is 9.84 Å². The molecule has 132 valence electrons. The van der Waals surface area contributed by atoms with Crippen molar-refractivity contribution >= 4 is 21.6 Å². The quantitative estimate of drug-likeness (QED) is 0.734. The van der Waals surface area contributed by atoms with E-state index in [1.54, 1.807) is 6.07 Å². The number of hydrogen-bond donors (Lipinski definition) is 1. The van der Waals surface area contributed by atoms with Crippen LogP contribution in [0.5, 0.6) is 5.75 Å². The zero-order chi connectivity index (χ0) is 18.0. The molecule has 3 rings (SSSR count). The molecule has 1 N–H and O–H groups in total. The lowest BCUT2D eigenvalue weighted by Crippen LogP contribution is -2.30. The minimum Gasteiger partial charge on any atom is -0.491 e. The summed E-state index contributed by atoms with van der Waals surface area (Å²) in [6, 6.07) is 7.85. The number of nitrogens with zero attached hydrogens (tertiary/aromatic N) is 2. The van der Waals surface area contributed by atoms with E-state index in [0.717, 1.165) is 16.9 Å². The van der Waals surface area contributed by atoms with Crippen molar-refractivity contribution in [2.75, 3.05) is 6.61 Å². The van der Waals surface area contributed by atoms with Crippen molar-refractivity contribution in [3.63, 3.8) is 0 Å². The lowest BCUT2D eigenvalue weighted by molar-refractivity contribution is 0.0908. The minimum atomic E-state index is -0.795. The third-order valence-corrected chi connectivity index (χ3v) is 4.90. The standard InChI is InChI=1S/C19H22N2O3S/c1-12(2)15-5-4-13(3)8-17(15)24-10-14(22)9-21-11-20-18-16(19(21)23)6-7-25-18/h4-8,11-12,14,22H,9-10H2,1-3H3. The first-order chi connectivity index (χ1) is 12.0. The van der Waals surface area contributed by atoms with Crippen molar-refractivity contribution in [3.05, 3.63) is 57.5 Å². The number of thiophene rings is 1. The van der Waals surface area contributed by atoms with Crippen molar-refractivity contribution in [1.82, 2.24) is 9.55 Å². The topological polar surface area (TPSA) is 64.3 Å². The van der Waals surface area contributed by atoms with Crippen LogP contribution in [0.2, 0.25) is 0 Å². The molecule has 25 heavy (non-hydrogen) atoms. The van der Waals surface area contributed by atoms with E-state index in [-0.39, 0.29) is 18.7 Å². The third-order valence-electron chi connectivity index (χ3n) is 4.08. The molecule has 2 heterocycles. The van der Waals surface area contributed by atoms with E-state index in [9.17, 15) is 9.90 Å². The molecule has 3 aromatic rings. The monoisotopic (exact) mass is 358 g/mol. The summed E-state index contributed by atoms with van der Waals surface area (Å²) in [4.78, 5) is 17.3. The first-order valence-corrected chi connectivity index (χ1v) is 9.17. The zero-order valence-electron chi connectivity index (χ0n) is 14.6. The van der Waals surface area contributed by atoms with Crippen molar-refractivity contribution in [2.45, 2.75) is 39.3 Å². The van der Waals surface area contributed by atoms with Gasteiger partial charge in [0.25, 0.3) is 5.56 Å². The van der Waals surface area contributed by atoms with Crippen LogP contribution >= 0.6 is 11.3 Å². The second-order valence-corrected chi connectivity index (χ2v) is 7.40. The highest BCUT2D eigenvalue weighted by Gasteiger charge is 2.13. The molecule has 0 amide bonds. The maximum absolute atomic E-state index is 12.4. The summed E-state index contributed by atoms with van der Waals surface area (Å²) in [6.45, 7) is 6.50. The highest BCUT2D eigenvalue weighted by Crippen LogP contribution is 2.27. The highest BCUT2D eigenvalue weighted by atomic mass is 32.1. The van der Waals surface area contributed by atoms with E-state index >= 15 is 0 Å². The van der Waals surface area contributed by atoms with Crippen LogP contribution in [-0.2, 0) is 6.54 Å². The van der Waals surface area contributed by atoms with Gasteiger partial charge in [0.15, 0.2) is 0 Å². The third kappa shape index (κ3) is 3.91. The summed E-state index contributed by atoms with van der Waals surface area (Å²) in [6.07, 6.45) is 0.687. The first kappa shape index (κ1) is 17.6. The van der Waals surface area contributed by atoms with Crippen LogP contribution in [0.25, 0.3) is 10.2 Å². The molecular weight excluding hydrogens is 336 g/mol. The van der Waals surface area contributed by atoms with E-state index in [1.807, 2.05) is 18.4 Å². The van der Waals surface area contributed by atoms with Gasteiger partial charge in [-0.25, -0.2) is 4.98 Å². The number of fused-ring (bicyclic) bond motifs is 1. The second-order valence-electron chi connectivity index (χ2n) is 6.50. The van der Waals surface area contributed by atoms with E-state index < -0.39 is 6.10 Å². The van der Waals surface area contributed by atoms with Crippen LogP contribution in [0.15, 0.2) is 40.8 Å². The average molecular weight is 358 g/mol. The van der Waals surface area contributed by atoms with E-state index in [4.69, 9.17) is 4.74 Å². The lowest BCUT2D eigenvalue weighted by atomic mass is 10.0. The normalized spacial score (nSPS) is 12.7. The molecule has 0 saturated carbocycles. The van der Waals surface area contributed by atoms with E-state index in [2.05, 4.69) is 31.0 Å². The molecule has 1 unspecified atom stereocenters. The smallest absolute Gasteiger partial charge is 0.262 e. The Morgan fingerprint density at radius 2 is 2.12 bits per heavy atom. The Morgan fingerprint density at radius 3 is 2.88 bits per heavy atom. The Labute approximate surface area is 150 Å². The van der Waals surface area contributed by atoms with Gasteiger partial charge >= 0.3 is 0 Å². The Bertz CT molecular complexity index is 930. The fourth-order valence-electron chi connectivity index (χ4n) is 2.73. The van der Waals surface area contributed by atoms with Crippen molar-refractivity contribution in [3.8, 4) is 5.75 Å². The van der Waals surface area contributed by atoms with Gasteiger partial charge in [0.05, 0.1) is 18.3 Å². The molecule has 1 atom stereocenters. The van der Waals surface area contributed by atoms with Crippen LogP contribution in [0.4, 0.5) is 0 Å². The van der Waals surface area contributed by atoms with Gasteiger partial charge in [0, 0.05) is 0 Å². The van der Waals surface area contributed by atoms with E-state index in [1.165, 1.54) is 22.2 Å². The first-order valence-electron chi connectivity index (χ1n) is 8.29. The number of aromatic nitrogens is 2. The van der Waals surface area contributed by atoms with Crippen molar-refractivity contribution in [2.24, 2.45) is 0 Å². The van der Waals surface area contributed by atoms with Gasteiger partial charge in [0.1, 0.15) is 23.3 Å². The number of aryl methyl sites for hydroxylation is 1. The summed E-state index contributed by atoms with van der Waals surface area (Å²) in [5.41, 5.74) is 2.08. The molecule has 2 aromatic heterocycles. The van der Waals surface area contributed by atoms with Crippen molar-refractivity contribution in [1.29, 1.82) is 0 Å². The molecule has 5 nitrogen and oxygen atoms in total. The van der Waals surface area contributed by atoms with Crippen LogP contribution < -0.4 is 10.3 Å². The van der Waals surface area contributed by atoms with Gasteiger partial charge in [0.2, 0.25) is 0 Å². The minimum absolute atomic E-state index is 0.122. The lowest BCUT2D eigenvalue weighted by Gasteiger charge is -2.18. The largest absolute Gasteiger partial charge is 0.491 e. The molecule has 0 spiro atoms. The summed E-state index contributed by atoms with van der Waals surface area (Å²) in [5, 5.41) is 12.7. The van der Waals surface area contributed by atoms with Gasteiger partial charge in [-0.1, -0.05) is 26.0 Å². The number of benzene rings is 1. The molecule has 6 heteroatoms. The van der Waals surface area contributed by atoms with Crippen LogP contribution in [0.1, 0.15) is 30.9 Å². The Balaban J connectivity index is 1.70. The number of aliphatic hydroxyl groups excluding tert-OH is 1. The SMILES string of the molecule is Cc1ccc(C(C)C)c(OCC(O)Cn2cnc3sccc3c2=O)c1. The molecule has 0 aliphatic rings. The Kier molecular flexibility index (Phi) is 5.20. The number of rotatable bonds is 6. The molecule has 0 aliphatic carbocycles. The number of aliphatic hydroxyl groups is 1. The predicted octanol–water partition coefficient (Wildman–Crippen LogP) is 3.33. The van der Waals surface area contributed by atoms with Crippen LogP contribution in [0, 0.1) is 6.92 Å². The fourth-order valence-corrected chi connectivity index (χ4v) is 3.46. The molecule has 0 bridgehead atoms. The van der Waals surface area contributed by atoms with Crippen LogP contribution in [0.3, 0.4) is 0 Å². The maximum Gasteiger partial charge on any atom is 0.262 e.